The Bertz CT molecular complexity index is 176. The Morgan fingerprint density at radius 3 is 2.08 bits per heavy atom. The summed E-state index contributed by atoms with van der Waals surface area (Å²) in [6.45, 7) is 2.50. The zero-order valence-corrected chi connectivity index (χ0v) is 10.9. The largest absolute Gasteiger partial charge is 0.0858 e. The lowest BCUT2D eigenvalue weighted by Crippen LogP contribution is -2.28. The molecule has 2 aliphatic rings. The summed E-state index contributed by atoms with van der Waals surface area (Å²) < 4.78 is 1.40. The second-order valence-corrected chi connectivity index (χ2v) is 6.44. The minimum Gasteiger partial charge on any atom is -0.0858 e. The van der Waals surface area contributed by atoms with Crippen LogP contribution in [0.3, 0.4) is 0 Å². The van der Waals surface area contributed by atoms with Gasteiger partial charge in [-0.1, -0.05) is 48.8 Å². The van der Waals surface area contributed by atoms with Crippen LogP contribution in [0.25, 0.3) is 0 Å². The fourth-order valence-corrected chi connectivity index (χ4v) is 3.99. The van der Waals surface area contributed by atoms with Crippen LogP contribution in [-0.4, -0.2) is 4.43 Å². The Labute approximate surface area is 96.0 Å². The van der Waals surface area contributed by atoms with Crippen LogP contribution in [0.15, 0.2) is 0 Å². The Kier molecular flexibility index (Phi) is 2.93. The SMILES string of the molecule is CC1(CC2(CI)CCCCC2)CC1. The predicted molar refractivity (Wildman–Crippen MR) is 66.4 cm³/mol. The highest BCUT2D eigenvalue weighted by atomic mass is 127. The van der Waals surface area contributed by atoms with E-state index in [0.29, 0.717) is 0 Å². The molecule has 0 heterocycles. The van der Waals surface area contributed by atoms with Gasteiger partial charge in [0, 0.05) is 4.43 Å². The molecule has 13 heavy (non-hydrogen) atoms. The Morgan fingerprint density at radius 2 is 1.62 bits per heavy atom. The summed E-state index contributed by atoms with van der Waals surface area (Å²) in [7, 11) is 0. The molecule has 1 heteroatoms. The molecule has 0 nitrogen and oxygen atoms in total. The van der Waals surface area contributed by atoms with Gasteiger partial charge in [0.2, 0.25) is 0 Å². The Balaban J connectivity index is 1.96. The molecule has 0 atom stereocenters. The number of alkyl halides is 1. The van der Waals surface area contributed by atoms with Crippen molar-refractivity contribution in [2.45, 2.75) is 58.3 Å². The molecular formula is C12H21I. The lowest BCUT2D eigenvalue weighted by atomic mass is 9.70. The maximum absolute atomic E-state index is 2.63. The predicted octanol–water partition coefficient (Wildman–Crippen LogP) is 4.56. The van der Waals surface area contributed by atoms with Crippen molar-refractivity contribution in [2.24, 2.45) is 10.8 Å². The smallest absolute Gasteiger partial charge is 0.00522 e. The van der Waals surface area contributed by atoms with Crippen molar-refractivity contribution < 1.29 is 0 Å². The van der Waals surface area contributed by atoms with Gasteiger partial charge in [0.15, 0.2) is 0 Å². The number of halogens is 1. The molecule has 2 fully saturated rings. The van der Waals surface area contributed by atoms with Crippen LogP contribution in [0.1, 0.15) is 58.3 Å². The molecular weight excluding hydrogens is 271 g/mol. The minimum atomic E-state index is 0.754. The lowest BCUT2D eigenvalue weighted by molar-refractivity contribution is 0.171. The maximum atomic E-state index is 2.63. The third-order valence-corrected chi connectivity index (χ3v) is 5.72. The van der Waals surface area contributed by atoms with Crippen molar-refractivity contribution in [3.05, 3.63) is 0 Å². The average Bonchev–Trinajstić information content (AvgIpc) is 2.85. The van der Waals surface area contributed by atoms with E-state index in [4.69, 9.17) is 0 Å². The highest BCUT2D eigenvalue weighted by Gasteiger charge is 2.45. The van der Waals surface area contributed by atoms with Crippen LogP contribution in [-0.2, 0) is 0 Å². The van der Waals surface area contributed by atoms with Crippen LogP contribution < -0.4 is 0 Å². The van der Waals surface area contributed by atoms with E-state index in [2.05, 4.69) is 29.5 Å². The zero-order chi connectivity index (χ0) is 9.36. The summed E-state index contributed by atoms with van der Waals surface area (Å²) in [6.07, 6.45) is 12.1. The Hall–Kier alpha value is 0.730. The first-order chi connectivity index (χ1) is 6.18. The number of hydrogen-bond acceptors (Lipinski definition) is 0. The van der Waals surface area contributed by atoms with Crippen molar-refractivity contribution in [1.82, 2.24) is 0 Å². The van der Waals surface area contributed by atoms with Crippen LogP contribution in [0.2, 0.25) is 0 Å². The first-order valence-electron chi connectivity index (χ1n) is 5.74. The van der Waals surface area contributed by atoms with E-state index in [0.717, 1.165) is 10.8 Å². The van der Waals surface area contributed by atoms with Gasteiger partial charge in [-0.15, -0.1) is 0 Å². The molecule has 2 saturated carbocycles. The summed E-state index contributed by atoms with van der Waals surface area (Å²) in [6, 6.07) is 0. The molecule has 0 saturated heterocycles. The van der Waals surface area contributed by atoms with Crippen molar-refractivity contribution in [3.63, 3.8) is 0 Å². The minimum absolute atomic E-state index is 0.754. The van der Waals surface area contributed by atoms with E-state index < -0.39 is 0 Å². The van der Waals surface area contributed by atoms with E-state index in [-0.39, 0.29) is 0 Å². The fraction of sp³-hybridized carbons (Fsp3) is 1.00. The lowest BCUT2D eigenvalue weighted by Gasteiger charge is -2.38. The number of hydrogen-bond donors (Lipinski definition) is 0. The van der Waals surface area contributed by atoms with Crippen molar-refractivity contribution in [2.75, 3.05) is 4.43 Å². The van der Waals surface area contributed by atoms with Crippen LogP contribution in [0, 0.1) is 10.8 Å². The van der Waals surface area contributed by atoms with Gasteiger partial charge >= 0.3 is 0 Å². The third-order valence-electron chi connectivity index (χ3n) is 4.10. The summed E-state index contributed by atoms with van der Waals surface area (Å²) >= 11 is 2.63. The van der Waals surface area contributed by atoms with Crippen LogP contribution in [0.5, 0.6) is 0 Å². The zero-order valence-electron chi connectivity index (χ0n) is 8.74. The molecule has 0 N–H and O–H groups in total. The first kappa shape index (κ1) is 10.3. The molecule has 76 valence electrons. The van der Waals surface area contributed by atoms with E-state index in [1.807, 2.05) is 0 Å². The fourth-order valence-electron chi connectivity index (χ4n) is 2.95. The molecule has 0 radical (unpaired) electrons. The van der Waals surface area contributed by atoms with Gasteiger partial charge in [-0.05, 0) is 42.9 Å². The van der Waals surface area contributed by atoms with Gasteiger partial charge in [-0.25, -0.2) is 0 Å². The normalized spacial score (nSPS) is 30.0. The Morgan fingerprint density at radius 1 is 1.00 bits per heavy atom. The van der Waals surface area contributed by atoms with Crippen molar-refractivity contribution in [1.29, 1.82) is 0 Å². The molecule has 0 bridgehead atoms. The molecule has 0 aliphatic heterocycles. The second kappa shape index (κ2) is 3.71. The van der Waals surface area contributed by atoms with E-state index in [1.165, 1.54) is 55.8 Å². The molecule has 0 aromatic carbocycles. The van der Waals surface area contributed by atoms with Crippen molar-refractivity contribution in [3.8, 4) is 0 Å². The van der Waals surface area contributed by atoms with E-state index in [1.54, 1.807) is 0 Å². The molecule has 0 spiro atoms. The second-order valence-electron chi connectivity index (χ2n) is 5.68. The third kappa shape index (κ3) is 2.40. The van der Waals surface area contributed by atoms with Crippen molar-refractivity contribution >= 4 is 22.6 Å². The maximum Gasteiger partial charge on any atom is 0.00522 e. The standard InChI is InChI=1S/C12H21I/c1-11(7-8-11)9-12(10-13)5-3-2-4-6-12/h2-10H2,1H3. The molecule has 0 aromatic rings. The highest BCUT2D eigenvalue weighted by Crippen LogP contribution is 2.56. The summed E-state index contributed by atoms with van der Waals surface area (Å²) in [5.74, 6) is 0. The summed E-state index contributed by atoms with van der Waals surface area (Å²) in [5, 5.41) is 0. The van der Waals surface area contributed by atoms with E-state index in [9.17, 15) is 0 Å². The molecule has 0 unspecified atom stereocenters. The average molecular weight is 292 g/mol. The van der Waals surface area contributed by atoms with Gasteiger partial charge in [0.25, 0.3) is 0 Å². The molecule has 0 amide bonds. The van der Waals surface area contributed by atoms with Gasteiger partial charge in [0.1, 0.15) is 0 Å². The summed E-state index contributed by atoms with van der Waals surface area (Å²) in [4.78, 5) is 0. The highest BCUT2D eigenvalue weighted by molar-refractivity contribution is 14.1. The van der Waals surface area contributed by atoms with Gasteiger partial charge < -0.3 is 0 Å². The summed E-state index contributed by atoms with van der Waals surface area (Å²) in [5.41, 5.74) is 1.52. The monoisotopic (exact) mass is 292 g/mol. The van der Waals surface area contributed by atoms with Crippen LogP contribution in [0.4, 0.5) is 0 Å². The van der Waals surface area contributed by atoms with Gasteiger partial charge in [0.05, 0.1) is 0 Å². The van der Waals surface area contributed by atoms with E-state index >= 15 is 0 Å². The molecule has 2 aliphatic carbocycles. The molecule has 0 aromatic heterocycles. The quantitative estimate of drug-likeness (QED) is 0.528. The first-order valence-corrected chi connectivity index (χ1v) is 7.27. The van der Waals surface area contributed by atoms with Crippen LogP contribution >= 0.6 is 22.6 Å². The van der Waals surface area contributed by atoms with Gasteiger partial charge in [-0.2, -0.15) is 0 Å². The molecule has 2 rings (SSSR count). The topological polar surface area (TPSA) is 0 Å². The number of rotatable bonds is 3. The van der Waals surface area contributed by atoms with Gasteiger partial charge in [-0.3, -0.25) is 0 Å².